The molecule has 1 aliphatic heterocycles. The van der Waals surface area contributed by atoms with Crippen LogP contribution in [0.3, 0.4) is 0 Å². The van der Waals surface area contributed by atoms with Gasteiger partial charge in [-0.1, -0.05) is 0 Å². The molecule has 0 N–H and O–H groups in total. The van der Waals surface area contributed by atoms with Crippen molar-refractivity contribution in [3.05, 3.63) is 96.3 Å². The average Bonchev–Trinajstić information content (AvgIpc) is 3.18. The number of rotatable bonds is 3. The minimum atomic E-state index is 0.952. The van der Waals surface area contributed by atoms with E-state index in [0.29, 0.717) is 0 Å². The van der Waals surface area contributed by atoms with Gasteiger partial charge in [-0.2, -0.15) is 0 Å². The molecule has 33 heavy (non-hydrogen) atoms. The summed E-state index contributed by atoms with van der Waals surface area (Å²) in [6, 6.07) is 17.1. The number of pyridine rings is 3. The van der Waals surface area contributed by atoms with Crippen LogP contribution in [0.5, 0.6) is 0 Å². The van der Waals surface area contributed by atoms with Crippen molar-refractivity contribution < 1.29 is 0 Å². The highest BCUT2D eigenvalue weighted by Crippen LogP contribution is 2.39. The van der Waals surface area contributed by atoms with Crippen LogP contribution in [-0.2, 0) is 13.0 Å². The molecule has 0 bridgehead atoms. The molecule has 5 heterocycles. The first-order chi connectivity index (χ1) is 16.2. The molecular weight excluding hydrogens is 406 g/mol. The normalized spacial score (nSPS) is 13.9. The van der Waals surface area contributed by atoms with E-state index in [1.54, 1.807) is 0 Å². The monoisotopic (exact) mass is 431 g/mol. The molecule has 4 aromatic heterocycles. The first kappa shape index (κ1) is 19.8. The third-order valence-electron chi connectivity index (χ3n) is 6.56. The third-order valence-corrected chi connectivity index (χ3v) is 6.56. The van der Waals surface area contributed by atoms with Gasteiger partial charge in [-0.05, 0) is 84.8 Å². The van der Waals surface area contributed by atoms with Crippen molar-refractivity contribution in [3.8, 4) is 28.1 Å². The maximum atomic E-state index is 4.95. The Labute approximate surface area is 193 Å². The topological polar surface area (TPSA) is 46.8 Å². The van der Waals surface area contributed by atoms with Gasteiger partial charge in [0.15, 0.2) is 0 Å². The summed E-state index contributed by atoms with van der Waals surface area (Å²) in [6.45, 7) is 4.18. The standard InChI is InChI=1S/C28H25N5/c1-19-15-23(21-7-12-30-13-8-21)28-24(16-19)25-18-32(2)14-9-26(25)33(28)27-4-3-22(17-31-27)20-5-10-29-11-6-20/h3-8,10-13,15-17H,9,14,18H2,1-2H3. The van der Waals surface area contributed by atoms with Crippen molar-refractivity contribution in [3.63, 3.8) is 0 Å². The summed E-state index contributed by atoms with van der Waals surface area (Å²) in [4.78, 5) is 15.7. The fourth-order valence-corrected chi connectivity index (χ4v) is 5.00. The van der Waals surface area contributed by atoms with Crippen molar-refractivity contribution in [1.29, 1.82) is 0 Å². The van der Waals surface area contributed by atoms with Crippen LogP contribution in [0.2, 0.25) is 0 Å². The van der Waals surface area contributed by atoms with E-state index in [1.807, 2.05) is 43.1 Å². The molecule has 0 atom stereocenters. The molecule has 5 nitrogen and oxygen atoms in total. The van der Waals surface area contributed by atoms with E-state index < -0.39 is 0 Å². The van der Waals surface area contributed by atoms with E-state index in [4.69, 9.17) is 4.98 Å². The number of fused-ring (bicyclic) bond motifs is 3. The third kappa shape index (κ3) is 3.41. The van der Waals surface area contributed by atoms with E-state index >= 15 is 0 Å². The Kier molecular flexibility index (Phi) is 4.77. The van der Waals surface area contributed by atoms with Crippen molar-refractivity contribution in [2.75, 3.05) is 13.6 Å². The van der Waals surface area contributed by atoms with Gasteiger partial charge in [-0.25, -0.2) is 4.98 Å². The Morgan fingerprint density at radius 1 is 0.818 bits per heavy atom. The Balaban J connectivity index is 1.61. The van der Waals surface area contributed by atoms with E-state index in [2.05, 4.69) is 69.8 Å². The number of nitrogens with zero attached hydrogens (tertiary/aromatic N) is 5. The molecule has 0 spiro atoms. The van der Waals surface area contributed by atoms with Gasteiger partial charge >= 0.3 is 0 Å². The highest BCUT2D eigenvalue weighted by atomic mass is 15.1. The van der Waals surface area contributed by atoms with Gasteiger partial charge in [0.25, 0.3) is 0 Å². The molecule has 1 aromatic carbocycles. The van der Waals surface area contributed by atoms with Gasteiger partial charge in [0.2, 0.25) is 0 Å². The quantitative estimate of drug-likeness (QED) is 0.381. The fraction of sp³-hybridized carbons (Fsp3) is 0.179. The molecule has 0 unspecified atom stereocenters. The lowest BCUT2D eigenvalue weighted by Crippen LogP contribution is -2.27. The SMILES string of the molecule is Cc1cc(-c2ccncc2)c2c(c1)c1c(n2-c2ccc(-c3ccncc3)cn2)CCN(C)C1. The summed E-state index contributed by atoms with van der Waals surface area (Å²) in [5.41, 5.74) is 9.90. The molecule has 162 valence electrons. The van der Waals surface area contributed by atoms with Gasteiger partial charge in [-0.15, -0.1) is 0 Å². The molecule has 0 saturated carbocycles. The van der Waals surface area contributed by atoms with Gasteiger partial charge < -0.3 is 4.90 Å². The van der Waals surface area contributed by atoms with Crippen LogP contribution in [0.15, 0.2) is 79.5 Å². The smallest absolute Gasteiger partial charge is 0.137 e. The first-order valence-electron chi connectivity index (χ1n) is 11.3. The summed E-state index contributed by atoms with van der Waals surface area (Å²) in [6.07, 6.45) is 10.3. The van der Waals surface area contributed by atoms with Gasteiger partial charge in [0.1, 0.15) is 5.82 Å². The second-order valence-electron chi connectivity index (χ2n) is 8.83. The van der Waals surface area contributed by atoms with Crippen LogP contribution in [0.1, 0.15) is 16.8 Å². The predicted octanol–water partition coefficient (Wildman–Crippen LogP) is 5.45. The lowest BCUT2D eigenvalue weighted by molar-refractivity contribution is 0.311. The number of benzene rings is 1. The van der Waals surface area contributed by atoms with Crippen LogP contribution in [0.25, 0.3) is 39.0 Å². The molecule has 6 rings (SSSR count). The molecule has 5 heteroatoms. The number of hydrogen-bond donors (Lipinski definition) is 0. The second kappa shape index (κ2) is 7.94. The van der Waals surface area contributed by atoms with Gasteiger partial charge in [0, 0.05) is 72.7 Å². The zero-order valence-electron chi connectivity index (χ0n) is 18.9. The Morgan fingerprint density at radius 3 is 2.24 bits per heavy atom. The predicted molar refractivity (Wildman–Crippen MR) is 132 cm³/mol. The van der Waals surface area contributed by atoms with Crippen molar-refractivity contribution in [1.82, 2.24) is 24.4 Å². The molecular formula is C28H25N5. The number of likely N-dealkylation sites (N-methyl/N-ethyl adjacent to an activating group) is 1. The highest BCUT2D eigenvalue weighted by Gasteiger charge is 2.26. The van der Waals surface area contributed by atoms with Crippen molar-refractivity contribution in [2.45, 2.75) is 19.9 Å². The lowest BCUT2D eigenvalue weighted by Gasteiger charge is -2.24. The van der Waals surface area contributed by atoms with Crippen LogP contribution < -0.4 is 0 Å². The van der Waals surface area contributed by atoms with Crippen LogP contribution in [-0.4, -0.2) is 38.0 Å². The van der Waals surface area contributed by atoms with E-state index in [9.17, 15) is 0 Å². The largest absolute Gasteiger partial charge is 0.302 e. The Bertz CT molecular complexity index is 1440. The molecule has 5 aromatic rings. The summed E-state index contributed by atoms with van der Waals surface area (Å²) in [7, 11) is 2.20. The average molecular weight is 432 g/mol. The molecule has 0 amide bonds. The van der Waals surface area contributed by atoms with Crippen molar-refractivity contribution in [2.24, 2.45) is 0 Å². The maximum absolute atomic E-state index is 4.95. The van der Waals surface area contributed by atoms with Crippen LogP contribution >= 0.6 is 0 Å². The van der Waals surface area contributed by atoms with Crippen molar-refractivity contribution >= 4 is 10.9 Å². The first-order valence-corrected chi connectivity index (χ1v) is 11.3. The van der Waals surface area contributed by atoms with E-state index in [0.717, 1.165) is 36.5 Å². The summed E-state index contributed by atoms with van der Waals surface area (Å²) < 4.78 is 2.39. The fourth-order valence-electron chi connectivity index (χ4n) is 5.00. The zero-order valence-corrected chi connectivity index (χ0v) is 18.9. The minimum Gasteiger partial charge on any atom is -0.302 e. The molecule has 0 saturated heterocycles. The minimum absolute atomic E-state index is 0.952. The maximum Gasteiger partial charge on any atom is 0.137 e. The van der Waals surface area contributed by atoms with E-state index in [1.165, 1.54) is 38.9 Å². The van der Waals surface area contributed by atoms with Crippen LogP contribution in [0.4, 0.5) is 0 Å². The number of hydrogen-bond acceptors (Lipinski definition) is 4. The molecule has 1 aliphatic rings. The molecule has 0 radical (unpaired) electrons. The summed E-state index contributed by atoms with van der Waals surface area (Å²) >= 11 is 0. The molecule has 0 fully saturated rings. The zero-order chi connectivity index (χ0) is 22.4. The lowest BCUT2D eigenvalue weighted by atomic mass is 9.98. The number of aromatic nitrogens is 4. The highest BCUT2D eigenvalue weighted by molar-refractivity contribution is 5.99. The van der Waals surface area contributed by atoms with Crippen LogP contribution in [0, 0.1) is 6.92 Å². The van der Waals surface area contributed by atoms with Gasteiger partial charge in [0.05, 0.1) is 5.52 Å². The Morgan fingerprint density at radius 2 is 1.55 bits per heavy atom. The van der Waals surface area contributed by atoms with E-state index in [-0.39, 0.29) is 0 Å². The van der Waals surface area contributed by atoms with Gasteiger partial charge in [-0.3, -0.25) is 14.5 Å². The number of aryl methyl sites for hydroxylation is 1. The molecule has 0 aliphatic carbocycles. The summed E-state index contributed by atoms with van der Waals surface area (Å²) in [5.74, 6) is 0.961. The summed E-state index contributed by atoms with van der Waals surface area (Å²) in [5, 5.41) is 1.32. The second-order valence-corrected chi connectivity index (χ2v) is 8.83. The Hall–Kier alpha value is -3.83.